The standard InChI is InChI=1S/C20H14BrCl2FN2O3S/c21-13-6-8-18(17(24)10-13)25-20(27)12-26(19-9-7-14(22)11-16(19)23)30(28,29)15-4-2-1-3-5-15/h1-11H,12H2,(H,25,27). The largest absolute Gasteiger partial charge is 0.322 e. The van der Waals surface area contributed by atoms with Crippen molar-refractivity contribution in [2.45, 2.75) is 4.90 Å². The third-order valence-electron chi connectivity index (χ3n) is 4.00. The van der Waals surface area contributed by atoms with Crippen LogP contribution in [0.4, 0.5) is 15.8 Å². The van der Waals surface area contributed by atoms with E-state index in [9.17, 15) is 17.6 Å². The zero-order valence-electron chi connectivity index (χ0n) is 15.2. The van der Waals surface area contributed by atoms with E-state index in [-0.39, 0.29) is 21.3 Å². The van der Waals surface area contributed by atoms with Crippen LogP contribution in [0.25, 0.3) is 0 Å². The highest BCUT2D eigenvalue weighted by Gasteiger charge is 2.29. The van der Waals surface area contributed by atoms with E-state index in [0.717, 1.165) is 4.31 Å². The van der Waals surface area contributed by atoms with E-state index in [4.69, 9.17) is 23.2 Å². The molecule has 0 saturated heterocycles. The predicted octanol–water partition coefficient (Wildman–Crippen LogP) is 5.73. The molecule has 0 aliphatic heterocycles. The van der Waals surface area contributed by atoms with Crippen LogP contribution in [-0.4, -0.2) is 20.9 Å². The van der Waals surface area contributed by atoms with E-state index in [1.807, 2.05) is 0 Å². The zero-order valence-corrected chi connectivity index (χ0v) is 19.1. The molecule has 156 valence electrons. The molecule has 3 aromatic rings. The van der Waals surface area contributed by atoms with Gasteiger partial charge in [-0.3, -0.25) is 9.10 Å². The van der Waals surface area contributed by atoms with Crippen LogP contribution in [0, 0.1) is 5.82 Å². The highest BCUT2D eigenvalue weighted by atomic mass is 79.9. The molecule has 0 unspecified atom stereocenters. The predicted molar refractivity (Wildman–Crippen MR) is 120 cm³/mol. The molecule has 0 atom stereocenters. The summed E-state index contributed by atoms with van der Waals surface area (Å²) in [5.41, 5.74) is -0.0150. The number of sulfonamides is 1. The molecule has 3 aromatic carbocycles. The Labute approximate surface area is 191 Å². The van der Waals surface area contributed by atoms with Gasteiger partial charge in [-0.1, -0.05) is 57.3 Å². The molecule has 5 nitrogen and oxygen atoms in total. The van der Waals surface area contributed by atoms with E-state index >= 15 is 0 Å². The minimum absolute atomic E-state index is 0.0290. The first-order chi connectivity index (χ1) is 14.2. The summed E-state index contributed by atoms with van der Waals surface area (Å²) in [6, 6.07) is 15.9. The van der Waals surface area contributed by atoms with Crippen LogP contribution >= 0.6 is 39.1 Å². The van der Waals surface area contributed by atoms with Gasteiger partial charge < -0.3 is 5.32 Å². The topological polar surface area (TPSA) is 66.5 Å². The number of nitrogens with one attached hydrogen (secondary N) is 1. The summed E-state index contributed by atoms with van der Waals surface area (Å²) in [5, 5.41) is 2.74. The number of nitrogens with zero attached hydrogens (tertiary/aromatic N) is 1. The van der Waals surface area contributed by atoms with Crippen molar-refractivity contribution in [3.8, 4) is 0 Å². The van der Waals surface area contributed by atoms with Crippen LogP contribution in [0.15, 0.2) is 76.1 Å². The van der Waals surface area contributed by atoms with Crippen LogP contribution in [0.2, 0.25) is 10.0 Å². The fourth-order valence-corrected chi connectivity index (χ4v) is 4.97. The van der Waals surface area contributed by atoms with Crippen molar-refractivity contribution in [1.29, 1.82) is 0 Å². The minimum atomic E-state index is -4.15. The first-order valence-electron chi connectivity index (χ1n) is 8.46. The number of hydrogen-bond acceptors (Lipinski definition) is 3. The first kappa shape index (κ1) is 22.6. The Morgan fingerprint density at radius 1 is 1.03 bits per heavy atom. The maximum Gasteiger partial charge on any atom is 0.264 e. The van der Waals surface area contributed by atoms with Crippen molar-refractivity contribution >= 4 is 66.4 Å². The van der Waals surface area contributed by atoms with Crippen molar-refractivity contribution in [2.24, 2.45) is 0 Å². The molecular formula is C20H14BrCl2FN2O3S. The van der Waals surface area contributed by atoms with E-state index in [2.05, 4.69) is 21.2 Å². The van der Waals surface area contributed by atoms with Crippen molar-refractivity contribution in [3.05, 3.63) is 87.1 Å². The molecule has 3 rings (SSSR count). The van der Waals surface area contributed by atoms with Gasteiger partial charge >= 0.3 is 0 Å². The number of anilines is 2. The van der Waals surface area contributed by atoms with Gasteiger partial charge in [0, 0.05) is 9.50 Å². The highest BCUT2D eigenvalue weighted by molar-refractivity contribution is 9.10. The van der Waals surface area contributed by atoms with Gasteiger partial charge in [-0.2, -0.15) is 0 Å². The number of halogens is 4. The van der Waals surface area contributed by atoms with E-state index in [0.29, 0.717) is 9.50 Å². The lowest BCUT2D eigenvalue weighted by molar-refractivity contribution is -0.114. The van der Waals surface area contributed by atoms with Gasteiger partial charge in [0.1, 0.15) is 12.4 Å². The lowest BCUT2D eigenvalue weighted by Crippen LogP contribution is -2.38. The Morgan fingerprint density at radius 2 is 1.73 bits per heavy atom. The third-order valence-corrected chi connectivity index (χ3v) is 6.81. The van der Waals surface area contributed by atoms with E-state index < -0.39 is 28.3 Å². The highest BCUT2D eigenvalue weighted by Crippen LogP contribution is 2.32. The van der Waals surface area contributed by atoms with Crippen molar-refractivity contribution < 1.29 is 17.6 Å². The average molecular weight is 532 g/mol. The number of rotatable bonds is 6. The summed E-state index contributed by atoms with van der Waals surface area (Å²) >= 11 is 15.3. The van der Waals surface area contributed by atoms with Crippen molar-refractivity contribution in [2.75, 3.05) is 16.2 Å². The summed E-state index contributed by atoms with van der Waals surface area (Å²) < 4.78 is 41.9. The lowest BCUT2D eigenvalue weighted by atomic mass is 10.3. The van der Waals surface area contributed by atoms with Gasteiger partial charge in [0.05, 0.1) is 21.3 Å². The van der Waals surface area contributed by atoms with Gasteiger partial charge in [-0.15, -0.1) is 0 Å². The van der Waals surface area contributed by atoms with Gasteiger partial charge in [0.2, 0.25) is 5.91 Å². The van der Waals surface area contributed by atoms with Crippen molar-refractivity contribution in [1.82, 2.24) is 0 Å². The second-order valence-electron chi connectivity index (χ2n) is 6.09. The molecule has 0 saturated carbocycles. The molecule has 0 aliphatic rings. The molecule has 0 aliphatic carbocycles. The fourth-order valence-electron chi connectivity index (χ4n) is 2.61. The monoisotopic (exact) mass is 530 g/mol. The first-order valence-corrected chi connectivity index (χ1v) is 11.4. The molecule has 30 heavy (non-hydrogen) atoms. The smallest absolute Gasteiger partial charge is 0.264 e. The van der Waals surface area contributed by atoms with Crippen LogP contribution < -0.4 is 9.62 Å². The number of benzene rings is 3. The molecule has 0 radical (unpaired) electrons. The molecule has 0 spiro atoms. The maximum absolute atomic E-state index is 14.1. The second kappa shape index (κ2) is 9.34. The van der Waals surface area contributed by atoms with Crippen LogP contribution in [0.3, 0.4) is 0 Å². The van der Waals surface area contributed by atoms with Crippen LogP contribution in [0.5, 0.6) is 0 Å². The Kier molecular flexibility index (Phi) is 7.02. The Bertz CT molecular complexity index is 1190. The molecule has 0 heterocycles. The average Bonchev–Trinajstić information content (AvgIpc) is 2.69. The summed E-state index contributed by atoms with van der Waals surface area (Å²) in [6.07, 6.45) is 0. The molecule has 0 bridgehead atoms. The van der Waals surface area contributed by atoms with Crippen molar-refractivity contribution in [3.63, 3.8) is 0 Å². The Hall–Kier alpha value is -2.13. The van der Waals surface area contributed by atoms with Gasteiger partial charge in [0.15, 0.2) is 0 Å². The van der Waals surface area contributed by atoms with Crippen LogP contribution in [-0.2, 0) is 14.8 Å². The molecule has 1 amide bonds. The quantitative estimate of drug-likeness (QED) is 0.441. The van der Waals surface area contributed by atoms with Gasteiger partial charge in [-0.25, -0.2) is 12.8 Å². The summed E-state index contributed by atoms with van der Waals surface area (Å²) in [7, 11) is -4.15. The fraction of sp³-hybridized carbons (Fsp3) is 0.0500. The van der Waals surface area contributed by atoms with E-state index in [1.165, 1.54) is 42.5 Å². The minimum Gasteiger partial charge on any atom is -0.322 e. The molecular weight excluding hydrogens is 518 g/mol. The molecule has 10 heteroatoms. The van der Waals surface area contributed by atoms with Crippen LogP contribution in [0.1, 0.15) is 0 Å². The molecule has 1 N–H and O–H groups in total. The summed E-state index contributed by atoms with van der Waals surface area (Å²) in [5.74, 6) is -1.42. The zero-order chi connectivity index (χ0) is 21.9. The Balaban J connectivity index is 1.98. The second-order valence-corrected chi connectivity index (χ2v) is 9.71. The van der Waals surface area contributed by atoms with Gasteiger partial charge in [0.25, 0.3) is 10.0 Å². The number of hydrogen-bond donors (Lipinski definition) is 1. The maximum atomic E-state index is 14.1. The molecule has 0 fully saturated rings. The lowest BCUT2D eigenvalue weighted by Gasteiger charge is -2.25. The summed E-state index contributed by atoms with van der Waals surface area (Å²) in [4.78, 5) is 12.6. The Morgan fingerprint density at radius 3 is 2.37 bits per heavy atom. The summed E-state index contributed by atoms with van der Waals surface area (Å²) in [6.45, 7) is -0.631. The van der Waals surface area contributed by atoms with E-state index in [1.54, 1.807) is 24.3 Å². The SMILES string of the molecule is O=C(CN(c1ccc(Cl)cc1Cl)S(=O)(=O)c1ccccc1)Nc1ccc(Br)cc1F. The number of carbonyl (C=O) groups excluding carboxylic acids is 1. The normalized spacial score (nSPS) is 11.2. The van der Waals surface area contributed by atoms with Gasteiger partial charge in [-0.05, 0) is 48.5 Å². The third kappa shape index (κ3) is 5.13. The number of carbonyl (C=O) groups is 1. The molecule has 0 aromatic heterocycles. The number of amides is 1.